The van der Waals surface area contributed by atoms with Gasteiger partial charge in [-0.2, -0.15) is 0 Å². The van der Waals surface area contributed by atoms with Gasteiger partial charge in [-0.3, -0.25) is 0 Å². The van der Waals surface area contributed by atoms with Crippen molar-refractivity contribution in [1.82, 2.24) is 0 Å². The van der Waals surface area contributed by atoms with Gasteiger partial charge in [-0.25, -0.2) is 4.39 Å². The number of rotatable bonds is 0. The zero-order valence-corrected chi connectivity index (χ0v) is 6.68. The van der Waals surface area contributed by atoms with Gasteiger partial charge < -0.3 is 11.1 Å². The minimum absolute atomic E-state index is 0.0167. The number of hydrogen-bond acceptors (Lipinski definition) is 2. The standard InChI is InChI=1S/C9H11FN2/c10-7-3-1-2-6-8(11)4-5-12-9(6)7/h1-3,8,12H,4-5,11H2. The number of fused-ring (bicyclic) bond motifs is 1. The lowest BCUT2D eigenvalue weighted by atomic mass is 9.99. The quantitative estimate of drug-likeness (QED) is 0.615. The lowest BCUT2D eigenvalue weighted by Crippen LogP contribution is -2.23. The van der Waals surface area contributed by atoms with Gasteiger partial charge in [0.15, 0.2) is 0 Å². The minimum atomic E-state index is -0.206. The Hall–Kier alpha value is -1.09. The van der Waals surface area contributed by atoms with E-state index in [2.05, 4.69) is 5.32 Å². The lowest BCUT2D eigenvalue weighted by molar-refractivity contribution is 0.600. The minimum Gasteiger partial charge on any atom is -0.382 e. The van der Waals surface area contributed by atoms with Crippen LogP contribution in [0.15, 0.2) is 18.2 Å². The maximum atomic E-state index is 13.1. The molecule has 12 heavy (non-hydrogen) atoms. The summed E-state index contributed by atoms with van der Waals surface area (Å²) in [7, 11) is 0. The Bertz CT molecular complexity index is 299. The number of hydrogen-bond donors (Lipinski definition) is 2. The van der Waals surface area contributed by atoms with Crippen LogP contribution in [0, 0.1) is 5.82 Å². The van der Waals surface area contributed by atoms with Gasteiger partial charge in [0, 0.05) is 12.6 Å². The third-order valence-electron chi connectivity index (χ3n) is 2.20. The van der Waals surface area contributed by atoms with Crippen LogP contribution in [0.1, 0.15) is 18.0 Å². The van der Waals surface area contributed by atoms with Crippen molar-refractivity contribution in [3.63, 3.8) is 0 Å². The number of benzene rings is 1. The van der Waals surface area contributed by atoms with Gasteiger partial charge >= 0.3 is 0 Å². The highest BCUT2D eigenvalue weighted by atomic mass is 19.1. The van der Waals surface area contributed by atoms with Crippen molar-refractivity contribution < 1.29 is 4.39 Å². The van der Waals surface area contributed by atoms with Crippen LogP contribution in [0.3, 0.4) is 0 Å². The lowest BCUT2D eigenvalue weighted by Gasteiger charge is -2.23. The Morgan fingerprint density at radius 3 is 3.08 bits per heavy atom. The van der Waals surface area contributed by atoms with Gasteiger partial charge in [-0.15, -0.1) is 0 Å². The number of nitrogens with two attached hydrogens (primary N) is 1. The van der Waals surface area contributed by atoms with Gasteiger partial charge in [-0.05, 0) is 18.1 Å². The highest BCUT2D eigenvalue weighted by Gasteiger charge is 2.18. The van der Waals surface area contributed by atoms with Gasteiger partial charge in [0.05, 0.1) is 5.69 Å². The molecule has 2 rings (SSSR count). The number of anilines is 1. The van der Waals surface area contributed by atoms with Gasteiger partial charge in [0.25, 0.3) is 0 Å². The average molecular weight is 166 g/mol. The summed E-state index contributed by atoms with van der Waals surface area (Å²) in [5.74, 6) is -0.206. The smallest absolute Gasteiger partial charge is 0.146 e. The van der Waals surface area contributed by atoms with Crippen molar-refractivity contribution in [1.29, 1.82) is 0 Å². The van der Waals surface area contributed by atoms with Crippen LogP contribution in [-0.2, 0) is 0 Å². The molecule has 0 radical (unpaired) electrons. The van der Waals surface area contributed by atoms with Gasteiger partial charge in [0.1, 0.15) is 5.82 Å². The third-order valence-corrected chi connectivity index (χ3v) is 2.20. The zero-order chi connectivity index (χ0) is 8.55. The van der Waals surface area contributed by atoms with E-state index in [0.29, 0.717) is 5.69 Å². The molecule has 0 aromatic heterocycles. The van der Waals surface area contributed by atoms with Gasteiger partial charge in [0.2, 0.25) is 0 Å². The molecule has 1 aromatic rings. The summed E-state index contributed by atoms with van der Waals surface area (Å²) < 4.78 is 13.1. The second-order valence-corrected chi connectivity index (χ2v) is 3.03. The second-order valence-electron chi connectivity index (χ2n) is 3.03. The highest BCUT2D eigenvalue weighted by Crippen LogP contribution is 2.29. The fourth-order valence-corrected chi connectivity index (χ4v) is 1.54. The van der Waals surface area contributed by atoms with Gasteiger partial charge in [-0.1, -0.05) is 12.1 Å². The molecule has 0 bridgehead atoms. The predicted octanol–water partition coefficient (Wildman–Crippen LogP) is 1.64. The SMILES string of the molecule is NC1CCNc2c(F)cccc21. The summed E-state index contributed by atoms with van der Waals surface area (Å²) in [5.41, 5.74) is 7.28. The first-order valence-electron chi connectivity index (χ1n) is 4.07. The van der Waals surface area contributed by atoms with Crippen molar-refractivity contribution in [3.8, 4) is 0 Å². The van der Waals surface area contributed by atoms with Crippen molar-refractivity contribution in [2.24, 2.45) is 5.73 Å². The van der Waals surface area contributed by atoms with Crippen LogP contribution in [0.25, 0.3) is 0 Å². The van der Waals surface area contributed by atoms with E-state index in [9.17, 15) is 4.39 Å². The topological polar surface area (TPSA) is 38.0 Å². The molecule has 0 aliphatic carbocycles. The summed E-state index contributed by atoms with van der Waals surface area (Å²) >= 11 is 0. The number of para-hydroxylation sites is 1. The van der Waals surface area contributed by atoms with E-state index in [1.807, 2.05) is 6.07 Å². The van der Waals surface area contributed by atoms with Crippen LogP contribution in [0.5, 0.6) is 0 Å². The fourth-order valence-electron chi connectivity index (χ4n) is 1.54. The second kappa shape index (κ2) is 2.75. The molecular formula is C9H11FN2. The molecule has 3 heteroatoms. The van der Waals surface area contributed by atoms with Crippen LogP contribution in [-0.4, -0.2) is 6.54 Å². The Balaban J connectivity index is 2.52. The molecule has 0 saturated heterocycles. The summed E-state index contributed by atoms with van der Waals surface area (Å²) in [4.78, 5) is 0. The summed E-state index contributed by atoms with van der Waals surface area (Å²) in [5, 5.41) is 3.01. The van der Waals surface area contributed by atoms with Crippen LogP contribution in [0.2, 0.25) is 0 Å². The van der Waals surface area contributed by atoms with Crippen molar-refractivity contribution in [2.45, 2.75) is 12.5 Å². The Kier molecular flexibility index (Phi) is 1.73. The van der Waals surface area contributed by atoms with E-state index < -0.39 is 0 Å². The highest BCUT2D eigenvalue weighted by molar-refractivity contribution is 5.55. The predicted molar refractivity (Wildman–Crippen MR) is 46.4 cm³/mol. The van der Waals surface area contributed by atoms with E-state index in [4.69, 9.17) is 5.73 Å². The number of halogens is 1. The first-order chi connectivity index (χ1) is 5.79. The monoisotopic (exact) mass is 166 g/mol. The van der Waals surface area contributed by atoms with Crippen LogP contribution < -0.4 is 11.1 Å². The molecule has 1 atom stereocenters. The van der Waals surface area contributed by atoms with E-state index in [0.717, 1.165) is 18.5 Å². The molecule has 0 amide bonds. The largest absolute Gasteiger partial charge is 0.382 e. The van der Waals surface area contributed by atoms with E-state index in [1.54, 1.807) is 6.07 Å². The third kappa shape index (κ3) is 1.06. The normalized spacial score (nSPS) is 21.3. The molecule has 64 valence electrons. The van der Waals surface area contributed by atoms with E-state index in [-0.39, 0.29) is 11.9 Å². The Morgan fingerprint density at radius 2 is 2.33 bits per heavy atom. The molecule has 1 aliphatic heterocycles. The molecule has 0 saturated carbocycles. The molecular weight excluding hydrogens is 155 g/mol. The van der Waals surface area contributed by atoms with Crippen molar-refractivity contribution >= 4 is 5.69 Å². The summed E-state index contributed by atoms with van der Waals surface area (Å²) in [6.07, 6.45) is 0.871. The molecule has 1 aliphatic rings. The Morgan fingerprint density at radius 1 is 1.50 bits per heavy atom. The molecule has 0 fully saturated rings. The van der Waals surface area contributed by atoms with Crippen LogP contribution >= 0.6 is 0 Å². The van der Waals surface area contributed by atoms with E-state index in [1.165, 1.54) is 6.07 Å². The zero-order valence-electron chi connectivity index (χ0n) is 6.68. The number of nitrogens with one attached hydrogen (secondary N) is 1. The molecule has 3 N–H and O–H groups in total. The summed E-state index contributed by atoms with van der Waals surface area (Å²) in [6, 6.07) is 5.00. The molecule has 1 unspecified atom stereocenters. The molecule has 0 spiro atoms. The molecule has 2 nitrogen and oxygen atoms in total. The molecule has 1 heterocycles. The maximum absolute atomic E-state index is 13.1. The van der Waals surface area contributed by atoms with Crippen LogP contribution in [0.4, 0.5) is 10.1 Å². The Labute approximate surface area is 70.6 Å². The summed E-state index contributed by atoms with van der Waals surface area (Å²) in [6.45, 7) is 0.759. The average Bonchev–Trinajstić information content (AvgIpc) is 2.07. The first-order valence-corrected chi connectivity index (χ1v) is 4.07. The first kappa shape index (κ1) is 7.55. The molecule has 1 aromatic carbocycles. The maximum Gasteiger partial charge on any atom is 0.146 e. The fraction of sp³-hybridized carbons (Fsp3) is 0.333. The van der Waals surface area contributed by atoms with Crippen molar-refractivity contribution in [3.05, 3.63) is 29.6 Å². The van der Waals surface area contributed by atoms with E-state index >= 15 is 0 Å². The van der Waals surface area contributed by atoms with Crippen molar-refractivity contribution in [2.75, 3.05) is 11.9 Å².